The van der Waals surface area contributed by atoms with Crippen molar-refractivity contribution in [2.45, 2.75) is 104 Å². The second-order valence-electron chi connectivity index (χ2n) is 17.3. The molecule has 0 spiro atoms. The number of hydrogen-bond acceptors (Lipinski definition) is 9. The largest absolute Gasteiger partial charge is 0.444 e. The summed E-state index contributed by atoms with van der Waals surface area (Å²) in [6.07, 6.45) is 6.87. The molecule has 1 unspecified atom stereocenters. The van der Waals surface area contributed by atoms with Crippen molar-refractivity contribution in [1.29, 1.82) is 0 Å². The lowest BCUT2D eigenvalue weighted by Crippen LogP contribution is -2.39. The number of halogens is 1. The van der Waals surface area contributed by atoms with Gasteiger partial charge in [0, 0.05) is 81.1 Å². The predicted octanol–water partition coefficient (Wildman–Crippen LogP) is 9.37. The van der Waals surface area contributed by atoms with Gasteiger partial charge < -0.3 is 29.7 Å². The fraction of sp³-hybridized carbons (Fsp3) is 0.477. The second-order valence-corrected chi connectivity index (χ2v) is 23.3. The fourth-order valence-corrected chi connectivity index (χ4v) is 7.83. The number of benzene rings is 3. The van der Waals surface area contributed by atoms with Crippen LogP contribution in [-0.4, -0.2) is 88.2 Å². The van der Waals surface area contributed by atoms with Crippen molar-refractivity contribution in [3.8, 4) is 22.4 Å². The van der Waals surface area contributed by atoms with Crippen LogP contribution in [0.15, 0.2) is 73.1 Å². The van der Waals surface area contributed by atoms with Gasteiger partial charge >= 0.3 is 6.09 Å². The van der Waals surface area contributed by atoms with Crippen LogP contribution in [0.2, 0.25) is 30.7 Å². The summed E-state index contributed by atoms with van der Waals surface area (Å²) in [6.45, 7) is 15.7. The molecule has 316 valence electrons. The van der Waals surface area contributed by atoms with Crippen LogP contribution >= 0.6 is 11.6 Å². The summed E-state index contributed by atoms with van der Waals surface area (Å²) in [6, 6.07) is 20.9. The predicted molar refractivity (Wildman–Crippen MR) is 236 cm³/mol. The molecule has 3 aromatic carbocycles. The Morgan fingerprint density at radius 3 is 2.54 bits per heavy atom. The SMILES string of the molecule is CC(C)(C)OC(=O)N(CCC(=O)NCCCNc1cc(-c2cnn(COCC[Si](C)(C)C)n2)cc2c1cnn2C1CCCCO1)Cc1ccc(-c2ccccc2)c(Cl)c1. The number of rotatable bonds is 18. The molecular formula is C44H59ClN8O5Si. The molecule has 59 heavy (non-hydrogen) atoms. The molecular weight excluding hydrogens is 784 g/mol. The first kappa shape index (κ1) is 43.8. The van der Waals surface area contributed by atoms with E-state index in [9.17, 15) is 9.59 Å². The van der Waals surface area contributed by atoms with Crippen molar-refractivity contribution in [1.82, 2.24) is 35.0 Å². The average Bonchev–Trinajstić information content (AvgIpc) is 3.85. The molecule has 2 amide bonds. The van der Waals surface area contributed by atoms with Crippen molar-refractivity contribution in [2.75, 3.05) is 38.2 Å². The third-order valence-electron chi connectivity index (χ3n) is 9.92. The molecule has 1 fully saturated rings. The van der Waals surface area contributed by atoms with E-state index in [1.165, 1.54) is 0 Å². The Balaban J connectivity index is 1.06. The molecule has 0 bridgehead atoms. The van der Waals surface area contributed by atoms with E-state index in [0.29, 0.717) is 44.5 Å². The van der Waals surface area contributed by atoms with Gasteiger partial charge in [-0.05, 0) is 81.8 Å². The first-order valence-corrected chi connectivity index (χ1v) is 24.7. The van der Waals surface area contributed by atoms with Gasteiger partial charge in [-0.3, -0.25) is 4.79 Å². The van der Waals surface area contributed by atoms with Crippen LogP contribution in [-0.2, 0) is 32.3 Å². The first-order valence-electron chi connectivity index (χ1n) is 20.7. The zero-order valence-corrected chi connectivity index (χ0v) is 37.1. The van der Waals surface area contributed by atoms with E-state index in [-0.39, 0.29) is 31.6 Å². The minimum absolute atomic E-state index is 0.123. The number of nitrogens with zero attached hydrogens (tertiary/aromatic N) is 6. The van der Waals surface area contributed by atoms with Crippen molar-refractivity contribution >= 4 is 48.3 Å². The molecule has 2 aromatic heterocycles. The Hall–Kier alpha value is -4.76. The third-order valence-corrected chi connectivity index (χ3v) is 11.9. The van der Waals surface area contributed by atoms with Gasteiger partial charge in [0.05, 0.1) is 17.9 Å². The Bertz CT molecular complexity index is 2160. The van der Waals surface area contributed by atoms with E-state index in [0.717, 1.165) is 69.8 Å². The number of anilines is 1. The number of amides is 2. The number of carbonyl (C=O) groups excluding carboxylic acids is 2. The lowest BCUT2D eigenvalue weighted by atomic mass is 10.0. The first-order chi connectivity index (χ1) is 28.2. The van der Waals surface area contributed by atoms with E-state index in [1.54, 1.807) is 15.9 Å². The minimum Gasteiger partial charge on any atom is -0.444 e. The molecule has 5 aromatic rings. The molecule has 15 heteroatoms. The maximum absolute atomic E-state index is 13.3. The number of ether oxygens (including phenoxy) is 3. The maximum Gasteiger partial charge on any atom is 0.410 e. The maximum atomic E-state index is 13.3. The molecule has 1 aliphatic rings. The van der Waals surface area contributed by atoms with Crippen molar-refractivity contribution in [3.05, 3.63) is 83.6 Å². The Morgan fingerprint density at radius 2 is 1.81 bits per heavy atom. The lowest BCUT2D eigenvalue weighted by Gasteiger charge is -2.27. The van der Waals surface area contributed by atoms with Crippen LogP contribution in [0, 0.1) is 0 Å². The van der Waals surface area contributed by atoms with Crippen LogP contribution < -0.4 is 10.6 Å². The van der Waals surface area contributed by atoms with E-state index < -0.39 is 19.8 Å². The number of nitrogens with one attached hydrogen (secondary N) is 2. The van der Waals surface area contributed by atoms with Gasteiger partial charge in [0.15, 0.2) is 13.0 Å². The number of hydrogen-bond donors (Lipinski definition) is 2. The second kappa shape index (κ2) is 20.0. The quantitative estimate of drug-likeness (QED) is 0.0653. The van der Waals surface area contributed by atoms with Gasteiger partial charge in [0.25, 0.3) is 0 Å². The Kier molecular flexibility index (Phi) is 14.8. The third kappa shape index (κ3) is 12.9. The molecule has 1 aliphatic heterocycles. The van der Waals surface area contributed by atoms with Crippen LogP contribution in [0.1, 0.15) is 64.7 Å². The normalized spacial score (nSPS) is 14.7. The Morgan fingerprint density at radius 1 is 1.00 bits per heavy atom. The molecule has 3 heterocycles. The molecule has 0 aliphatic carbocycles. The fourth-order valence-electron chi connectivity index (χ4n) is 6.76. The highest BCUT2D eigenvalue weighted by Crippen LogP contribution is 2.34. The Labute approximate surface area is 353 Å². The number of aromatic nitrogens is 5. The summed E-state index contributed by atoms with van der Waals surface area (Å²) in [7, 11) is -1.19. The highest BCUT2D eigenvalue weighted by Gasteiger charge is 2.24. The summed E-state index contributed by atoms with van der Waals surface area (Å²) in [4.78, 5) is 29.5. The van der Waals surface area contributed by atoms with E-state index >= 15 is 0 Å². The topological polar surface area (TPSA) is 138 Å². The molecule has 1 atom stereocenters. The van der Waals surface area contributed by atoms with Crippen LogP contribution in [0.3, 0.4) is 0 Å². The molecule has 1 saturated heterocycles. The van der Waals surface area contributed by atoms with Gasteiger partial charge in [-0.1, -0.05) is 73.7 Å². The summed E-state index contributed by atoms with van der Waals surface area (Å²) >= 11 is 6.69. The number of fused-ring (bicyclic) bond motifs is 1. The summed E-state index contributed by atoms with van der Waals surface area (Å²) in [5.74, 6) is -0.151. The van der Waals surface area contributed by atoms with Gasteiger partial charge in [0.1, 0.15) is 11.3 Å². The monoisotopic (exact) mass is 842 g/mol. The van der Waals surface area contributed by atoms with Crippen LogP contribution in [0.4, 0.5) is 10.5 Å². The minimum atomic E-state index is -1.19. The highest BCUT2D eigenvalue weighted by molar-refractivity contribution is 6.76. The van der Waals surface area contributed by atoms with Gasteiger partial charge in [-0.25, -0.2) is 9.48 Å². The molecule has 0 radical (unpaired) electrons. The van der Waals surface area contributed by atoms with Gasteiger partial charge in [0.2, 0.25) is 5.91 Å². The zero-order chi connectivity index (χ0) is 42.0. The summed E-state index contributed by atoms with van der Waals surface area (Å²) in [5, 5.41) is 22.1. The molecule has 13 nitrogen and oxygen atoms in total. The average molecular weight is 844 g/mol. The van der Waals surface area contributed by atoms with E-state index in [4.69, 9.17) is 36.0 Å². The zero-order valence-electron chi connectivity index (χ0n) is 35.3. The summed E-state index contributed by atoms with van der Waals surface area (Å²) in [5.41, 5.74) is 5.59. The van der Waals surface area contributed by atoms with Crippen molar-refractivity contribution < 1.29 is 23.8 Å². The standard InChI is InChI=1S/C44H59ClN8O5Si/c1-44(2,3)58-43(55)51(30-32-16-17-35(37(45)25-32)33-13-8-7-9-14-33)21-18-41(54)47-20-12-19-46-38-26-34(39-29-48-52(50-39)31-56-23-24-59(4,5)6)27-40-36(38)28-49-53(40)42-15-10-11-22-57-42/h7-9,13-14,16-17,25-29,42,46H,10-12,15,18-24,30-31H2,1-6H3,(H,47,54). The van der Waals surface area contributed by atoms with Gasteiger partial charge in [-0.2, -0.15) is 20.1 Å². The molecule has 6 rings (SSSR count). The van der Waals surface area contributed by atoms with Gasteiger partial charge in [-0.15, -0.1) is 0 Å². The molecule has 2 N–H and O–H groups in total. The van der Waals surface area contributed by atoms with E-state index in [1.807, 2.05) is 80.2 Å². The van der Waals surface area contributed by atoms with E-state index in [2.05, 4.69) is 47.5 Å². The van der Waals surface area contributed by atoms with Crippen LogP contribution in [0.5, 0.6) is 0 Å². The molecule has 0 saturated carbocycles. The van der Waals surface area contributed by atoms with Crippen LogP contribution in [0.25, 0.3) is 33.3 Å². The lowest BCUT2D eigenvalue weighted by molar-refractivity contribution is -0.121. The smallest absolute Gasteiger partial charge is 0.410 e. The van der Waals surface area contributed by atoms with Crippen molar-refractivity contribution in [3.63, 3.8) is 0 Å². The number of carbonyl (C=O) groups is 2. The van der Waals surface area contributed by atoms with Crippen molar-refractivity contribution in [2.24, 2.45) is 0 Å². The summed E-state index contributed by atoms with van der Waals surface area (Å²) < 4.78 is 19.7. The highest BCUT2D eigenvalue weighted by atomic mass is 35.5.